The van der Waals surface area contributed by atoms with Crippen molar-refractivity contribution in [1.82, 2.24) is 4.57 Å². The molecule has 22 heavy (non-hydrogen) atoms. The van der Waals surface area contributed by atoms with Gasteiger partial charge in [-0.1, -0.05) is 11.6 Å². The van der Waals surface area contributed by atoms with Gasteiger partial charge in [0.25, 0.3) is 0 Å². The SMILES string of the molecule is COC(=O)c1ccc(Cn2cc(C=O)c3cc(Cl)ccc32)o1. The molecular weight excluding hydrogens is 306 g/mol. The van der Waals surface area contributed by atoms with Gasteiger partial charge in [-0.05, 0) is 30.3 Å². The minimum atomic E-state index is -0.524. The summed E-state index contributed by atoms with van der Waals surface area (Å²) in [6, 6.07) is 8.61. The number of fused-ring (bicyclic) bond motifs is 1. The van der Waals surface area contributed by atoms with E-state index in [0.717, 1.165) is 17.2 Å². The van der Waals surface area contributed by atoms with Crippen LogP contribution in [0.5, 0.6) is 0 Å². The summed E-state index contributed by atoms with van der Waals surface area (Å²) in [7, 11) is 1.30. The Morgan fingerprint density at radius 1 is 1.36 bits per heavy atom. The zero-order chi connectivity index (χ0) is 15.7. The van der Waals surface area contributed by atoms with Crippen LogP contribution in [0, 0.1) is 0 Å². The predicted octanol–water partition coefficient (Wildman–Crippen LogP) is 3.54. The third kappa shape index (κ3) is 2.51. The van der Waals surface area contributed by atoms with Gasteiger partial charge in [-0.2, -0.15) is 0 Å². The van der Waals surface area contributed by atoms with Gasteiger partial charge in [0, 0.05) is 27.7 Å². The van der Waals surface area contributed by atoms with E-state index in [1.54, 1.807) is 30.5 Å². The quantitative estimate of drug-likeness (QED) is 0.545. The van der Waals surface area contributed by atoms with Crippen molar-refractivity contribution in [2.24, 2.45) is 0 Å². The molecule has 2 heterocycles. The van der Waals surface area contributed by atoms with Gasteiger partial charge in [0.2, 0.25) is 5.76 Å². The van der Waals surface area contributed by atoms with Crippen molar-refractivity contribution < 1.29 is 18.7 Å². The summed E-state index contributed by atoms with van der Waals surface area (Å²) in [5, 5.41) is 1.35. The molecule has 0 amide bonds. The molecule has 1 aromatic carbocycles. The van der Waals surface area contributed by atoms with Gasteiger partial charge in [0.05, 0.1) is 13.7 Å². The maximum atomic E-state index is 11.4. The number of nitrogens with zero attached hydrogens (tertiary/aromatic N) is 1. The Hall–Kier alpha value is -2.53. The number of ether oxygens (including phenoxy) is 1. The monoisotopic (exact) mass is 317 g/mol. The van der Waals surface area contributed by atoms with Crippen molar-refractivity contribution in [3.63, 3.8) is 0 Å². The van der Waals surface area contributed by atoms with Crippen LogP contribution >= 0.6 is 11.6 Å². The molecule has 2 aromatic heterocycles. The minimum Gasteiger partial charge on any atom is -0.463 e. The summed E-state index contributed by atoms with van der Waals surface area (Å²) in [6.45, 7) is 0.392. The highest BCUT2D eigenvalue weighted by Crippen LogP contribution is 2.25. The van der Waals surface area contributed by atoms with Crippen molar-refractivity contribution in [1.29, 1.82) is 0 Å². The number of esters is 1. The third-order valence-corrected chi connectivity index (χ3v) is 3.61. The van der Waals surface area contributed by atoms with E-state index in [4.69, 9.17) is 16.0 Å². The smallest absolute Gasteiger partial charge is 0.373 e. The first kappa shape index (κ1) is 14.4. The number of hydrogen-bond donors (Lipinski definition) is 0. The number of rotatable bonds is 4. The molecule has 0 unspecified atom stereocenters. The maximum Gasteiger partial charge on any atom is 0.373 e. The molecule has 0 spiro atoms. The predicted molar refractivity (Wildman–Crippen MR) is 81.5 cm³/mol. The second-order valence-corrected chi connectivity index (χ2v) is 5.19. The van der Waals surface area contributed by atoms with E-state index in [9.17, 15) is 9.59 Å². The summed E-state index contributed by atoms with van der Waals surface area (Å²) < 4.78 is 11.9. The van der Waals surface area contributed by atoms with E-state index in [0.29, 0.717) is 22.9 Å². The van der Waals surface area contributed by atoms with Crippen molar-refractivity contribution in [2.75, 3.05) is 7.11 Å². The summed E-state index contributed by atoms with van der Waals surface area (Å²) >= 11 is 5.98. The topological polar surface area (TPSA) is 61.4 Å². The second-order valence-electron chi connectivity index (χ2n) is 4.75. The Morgan fingerprint density at radius 3 is 2.91 bits per heavy atom. The average Bonchev–Trinajstić information content (AvgIpc) is 3.11. The van der Waals surface area contributed by atoms with Crippen LogP contribution in [0.2, 0.25) is 5.02 Å². The molecule has 0 N–H and O–H groups in total. The van der Waals surface area contributed by atoms with Crippen molar-refractivity contribution in [2.45, 2.75) is 6.54 Å². The van der Waals surface area contributed by atoms with Crippen LogP contribution in [0.3, 0.4) is 0 Å². The number of carbonyl (C=O) groups excluding carboxylic acids is 2. The molecule has 0 aliphatic heterocycles. The molecule has 5 nitrogen and oxygen atoms in total. The van der Waals surface area contributed by atoms with Gasteiger partial charge in [0.15, 0.2) is 6.29 Å². The first-order valence-electron chi connectivity index (χ1n) is 6.53. The summed E-state index contributed by atoms with van der Waals surface area (Å²) in [4.78, 5) is 22.6. The van der Waals surface area contributed by atoms with E-state index < -0.39 is 5.97 Å². The lowest BCUT2D eigenvalue weighted by molar-refractivity contribution is 0.0563. The molecule has 3 aromatic rings. The Kier molecular flexibility index (Phi) is 3.73. The van der Waals surface area contributed by atoms with Crippen LogP contribution < -0.4 is 0 Å². The second kappa shape index (κ2) is 5.69. The average molecular weight is 318 g/mol. The first-order valence-corrected chi connectivity index (χ1v) is 6.91. The Labute approximate surface area is 131 Å². The van der Waals surface area contributed by atoms with Gasteiger partial charge in [0.1, 0.15) is 5.76 Å². The van der Waals surface area contributed by atoms with Crippen molar-refractivity contribution in [3.05, 3.63) is 58.6 Å². The van der Waals surface area contributed by atoms with Crippen LogP contribution in [0.25, 0.3) is 10.9 Å². The van der Waals surface area contributed by atoms with Gasteiger partial charge < -0.3 is 13.7 Å². The van der Waals surface area contributed by atoms with Gasteiger partial charge in [-0.3, -0.25) is 4.79 Å². The lowest BCUT2D eigenvalue weighted by Gasteiger charge is -2.03. The van der Waals surface area contributed by atoms with Crippen LogP contribution in [0.15, 0.2) is 40.9 Å². The van der Waals surface area contributed by atoms with Crippen molar-refractivity contribution in [3.8, 4) is 0 Å². The standard InChI is InChI=1S/C16H12ClNO4/c1-21-16(20)15-5-3-12(22-15)8-18-7-10(9-19)13-6-11(17)2-4-14(13)18/h2-7,9H,8H2,1H3. The number of hydrogen-bond acceptors (Lipinski definition) is 4. The van der Waals surface area contributed by atoms with E-state index >= 15 is 0 Å². The largest absolute Gasteiger partial charge is 0.463 e. The zero-order valence-corrected chi connectivity index (χ0v) is 12.5. The molecule has 0 aliphatic carbocycles. The first-order chi connectivity index (χ1) is 10.6. The molecule has 0 saturated heterocycles. The van der Waals surface area contributed by atoms with E-state index in [1.165, 1.54) is 7.11 Å². The van der Waals surface area contributed by atoms with Crippen LogP contribution in [0.4, 0.5) is 0 Å². The molecule has 0 atom stereocenters. The van der Waals surface area contributed by atoms with Crippen LogP contribution in [-0.2, 0) is 11.3 Å². The van der Waals surface area contributed by atoms with Crippen LogP contribution in [-0.4, -0.2) is 23.9 Å². The van der Waals surface area contributed by atoms with Gasteiger partial charge in [-0.15, -0.1) is 0 Å². The highest BCUT2D eigenvalue weighted by atomic mass is 35.5. The number of aromatic nitrogens is 1. The van der Waals surface area contributed by atoms with Gasteiger partial charge in [-0.25, -0.2) is 4.79 Å². The molecule has 112 valence electrons. The van der Waals surface area contributed by atoms with E-state index in [1.807, 2.05) is 10.6 Å². The highest BCUT2D eigenvalue weighted by Gasteiger charge is 2.13. The fourth-order valence-electron chi connectivity index (χ4n) is 2.36. The highest BCUT2D eigenvalue weighted by molar-refractivity contribution is 6.31. The summed E-state index contributed by atoms with van der Waals surface area (Å²) in [5.74, 6) is 0.210. The summed E-state index contributed by atoms with van der Waals surface area (Å²) in [5.41, 5.74) is 1.42. The third-order valence-electron chi connectivity index (χ3n) is 3.38. The number of aldehydes is 1. The zero-order valence-electron chi connectivity index (χ0n) is 11.7. The number of furan rings is 1. The maximum absolute atomic E-state index is 11.4. The molecular formula is C16H12ClNO4. The summed E-state index contributed by atoms with van der Waals surface area (Å²) in [6.07, 6.45) is 2.52. The molecule has 0 bridgehead atoms. The molecule has 0 aliphatic rings. The van der Waals surface area contributed by atoms with Gasteiger partial charge >= 0.3 is 5.97 Å². The number of halogens is 1. The van der Waals surface area contributed by atoms with E-state index in [-0.39, 0.29) is 5.76 Å². The Balaban J connectivity index is 1.99. The normalized spacial score (nSPS) is 10.8. The Morgan fingerprint density at radius 2 is 2.18 bits per heavy atom. The number of carbonyl (C=O) groups is 2. The Bertz CT molecular complexity index is 862. The van der Waals surface area contributed by atoms with Crippen LogP contribution in [0.1, 0.15) is 26.7 Å². The minimum absolute atomic E-state index is 0.146. The number of benzene rings is 1. The molecule has 6 heteroatoms. The molecule has 0 saturated carbocycles. The van der Waals surface area contributed by atoms with E-state index in [2.05, 4.69) is 4.74 Å². The number of methoxy groups -OCH3 is 1. The lowest BCUT2D eigenvalue weighted by Crippen LogP contribution is -1.99. The molecule has 3 rings (SSSR count). The molecule has 0 radical (unpaired) electrons. The fourth-order valence-corrected chi connectivity index (χ4v) is 2.53. The van der Waals surface area contributed by atoms with Crippen molar-refractivity contribution >= 4 is 34.8 Å². The molecule has 0 fully saturated rings. The lowest BCUT2D eigenvalue weighted by atomic mass is 10.2. The fraction of sp³-hybridized carbons (Fsp3) is 0.125.